The average molecular weight is 449 g/mol. The summed E-state index contributed by atoms with van der Waals surface area (Å²) < 4.78 is 0. The van der Waals surface area contributed by atoms with Gasteiger partial charge in [-0.3, -0.25) is 14.4 Å². The Balaban J connectivity index is 0.000000264. The van der Waals surface area contributed by atoms with E-state index in [2.05, 4.69) is 45.3 Å². The number of hydrogen-bond donors (Lipinski definition) is 2. The predicted molar refractivity (Wildman–Crippen MR) is 126 cm³/mol. The largest absolute Gasteiger partial charge is 0.350 e. The van der Waals surface area contributed by atoms with Crippen molar-refractivity contribution in [1.29, 1.82) is 5.26 Å². The van der Waals surface area contributed by atoms with Gasteiger partial charge in [0.2, 0.25) is 18.2 Å². The average Bonchev–Trinajstić information content (AvgIpc) is 3.40. The van der Waals surface area contributed by atoms with Crippen molar-refractivity contribution >= 4 is 18.2 Å². The fourth-order valence-electron chi connectivity index (χ4n) is 4.56. The van der Waals surface area contributed by atoms with Crippen molar-refractivity contribution in [3.8, 4) is 6.07 Å². The van der Waals surface area contributed by atoms with E-state index in [4.69, 9.17) is 5.26 Å². The van der Waals surface area contributed by atoms with E-state index in [0.717, 1.165) is 50.1 Å². The number of amides is 3. The molecule has 182 valence electrons. The molecule has 7 nitrogen and oxygen atoms in total. The molecule has 2 aliphatic heterocycles. The van der Waals surface area contributed by atoms with Gasteiger partial charge in [-0.2, -0.15) is 5.26 Å². The van der Waals surface area contributed by atoms with Crippen LogP contribution in [-0.4, -0.2) is 47.8 Å². The molecule has 4 unspecified atom stereocenters. The zero-order chi connectivity index (χ0) is 24.7. The van der Waals surface area contributed by atoms with E-state index >= 15 is 0 Å². The Morgan fingerprint density at radius 1 is 1.25 bits per heavy atom. The summed E-state index contributed by atoms with van der Waals surface area (Å²) >= 11 is 0. The second-order valence-corrected chi connectivity index (χ2v) is 10.6. The van der Waals surface area contributed by atoms with Gasteiger partial charge in [-0.1, -0.05) is 48.5 Å². The van der Waals surface area contributed by atoms with Crippen molar-refractivity contribution in [3.05, 3.63) is 0 Å². The Hall–Kier alpha value is -2.10. The monoisotopic (exact) mass is 448 g/mol. The molecular weight excluding hydrogens is 404 g/mol. The maximum atomic E-state index is 11.5. The molecule has 2 N–H and O–H groups in total. The summed E-state index contributed by atoms with van der Waals surface area (Å²) in [6.45, 7) is 18.8. The molecule has 4 atom stereocenters. The van der Waals surface area contributed by atoms with E-state index in [1.807, 2.05) is 24.8 Å². The van der Waals surface area contributed by atoms with Crippen LogP contribution in [0.4, 0.5) is 0 Å². The van der Waals surface area contributed by atoms with Gasteiger partial charge < -0.3 is 15.5 Å². The third-order valence-corrected chi connectivity index (χ3v) is 6.76. The van der Waals surface area contributed by atoms with Gasteiger partial charge in [-0.15, -0.1) is 0 Å². The zero-order valence-corrected chi connectivity index (χ0v) is 21.3. The first-order valence-electron chi connectivity index (χ1n) is 12.1. The Labute approximate surface area is 194 Å². The third-order valence-electron chi connectivity index (χ3n) is 6.76. The first-order chi connectivity index (χ1) is 15.0. The fraction of sp³-hybridized carbons (Fsp3) is 0.840. The predicted octanol–water partition coefficient (Wildman–Crippen LogP) is 3.49. The molecule has 3 amide bonds. The van der Waals surface area contributed by atoms with E-state index in [9.17, 15) is 14.4 Å². The fourth-order valence-corrected chi connectivity index (χ4v) is 4.56. The number of piperidine rings is 1. The second-order valence-electron chi connectivity index (χ2n) is 10.6. The number of nitriles is 1. The van der Waals surface area contributed by atoms with E-state index < -0.39 is 6.04 Å². The van der Waals surface area contributed by atoms with Crippen LogP contribution in [0.15, 0.2) is 0 Å². The van der Waals surface area contributed by atoms with Crippen molar-refractivity contribution < 1.29 is 14.4 Å². The minimum absolute atomic E-state index is 0.0282. The van der Waals surface area contributed by atoms with Crippen LogP contribution in [0.5, 0.6) is 0 Å². The van der Waals surface area contributed by atoms with Gasteiger partial charge in [0, 0.05) is 31.5 Å². The number of nitrogens with zero attached hydrogens (tertiary/aromatic N) is 2. The second kappa shape index (κ2) is 11.7. The van der Waals surface area contributed by atoms with Crippen molar-refractivity contribution in [2.24, 2.45) is 29.1 Å². The van der Waals surface area contributed by atoms with Gasteiger partial charge in [-0.05, 0) is 48.9 Å². The number of nitrogens with one attached hydrogen (secondary N) is 2. The van der Waals surface area contributed by atoms with Gasteiger partial charge in [-0.25, -0.2) is 0 Å². The normalized spacial score (nSPS) is 27.7. The van der Waals surface area contributed by atoms with Crippen molar-refractivity contribution in [2.75, 3.05) is 13.1 Å². The summed E-state index contributed by atoms with van der Waals surface area (Å²) in [5, 5.41) is 14.1. The number of likely N-dealkylation sites (tertiary alicyclic amines) is 1. The highest BCUT2D eigenvalue weighted by Gasteiger charge is 2.62. The number of carbonyl (C=O) groups excluding carboxylic acids is 3. The molecule has 0 bridgehead atoms. The van der Waals surface area contributed by atoms with Crippen LogP contribution in [0.3, 0.4) is 0 Å². The number of hydrogen-bond acceptors (Lipinski definition) is 4. The molecule has 4 aliphatic rings. The molecule has 0 radical (unpaired) electrons. The van der Waals surface area contributed by atoms with Crippen LogP contribution in [0.25, 0.3) is 0 Å². The quantitative estimate of drug-likeness (QED) is 0.643. The summed E-state index contributed by atoms with van der Waals surface area (Å²) in [6, 6.07) is 1.43. The molecule has 2 saturated carbocycles. The maximum Gasteiger partial charge on any atom is 0.223 e. The lowest BCUT2D eigenvalue weighted by molar-refractivity contribution is -0.128. The molecule has 2 aliphatic carbocycles. The van der Waals surface area contributed by atoms with Gasteiger partial charge in [0.15, 0.2) is 0 Å². The first kappa shape index (κ1) is 27.9. The highest BCUT2D eigenvalue weighted by molar-refractivity contribution is 5.83. The van der Waals surface area contributed by atoms with Crippen molar-refractivity contribution in [1.82, 2.24) is 15.5 Å². The molecule has 2 heterocycles. The summed E-state index contributed by atoms with van der Waals surface area (Å²) in [5.74, 6) is 2.58. The summed E-state index contributed by atoms with van der Waals surface area (Å²) in [4.78, 5) is 34.7. The Morgan fingerprint density at radius 2 is 1.75 bits per heavy atom. The molecule has 32 heavy (non-hydrogen) atoms. The van der Waals surface area contributed by atoms with Crippen LogP contribution < -0.4 is 10.6 Å². The molecule has 0 aromatic rings. The molecule has 1 spiro atoms. The van der Waals surface area contributed by atoms with E-state index in [-0.39, 0.29) is 23.3 Å². The number of rotatable bonds is 4. The molecular formula is C25H44N4O3. The van der Waals surface area contributed by atoms with E-state index in [1.165, 1.54) is 0 Å². The lowest BCUT2D eigenvalue weighted by atomic mass is 9.96. The van der Waals surface area contributed by atoms with Gasteiger partial charge in [0.05, 0.1) is 6.07 Å². The minimum Gasteiger partial charge on any atom is -0.350 e. The lowest BCUT2D eigenvalue weighted by Crippen LogP contribution is -2.31. The minimum atomic E-state index is -0.549. The SMILES string of the molecule is CC.CC(=O)N1CC2C(C1)C2(C)C.CC(C)C.N#CC(CC1CC2(CC2)NC1=O)NC=O. The maximum absolute atomic E-state index is 11.5. The molecule has 4 fully saturated rings. The van der Waals surface area contributed by atoms with Gasteiger partial charge in [0.25, 0.3) is 0 Å². The summed E-state index contributed by atoms with van der Waals surface area (Å²) in [6.07, 6.45) is 3.84. The Kier molecular flexibility index (Phi) is 10.2. The lowest BCUT2D eigenvalue weighted by Gasteiger charge is -2.19. The van der Waals surface area contributed by atoms with Crippen molar-refractivity contribution in [3.63, 3.8) is 0 Å². The van der Waals surface area contributed by atoms with Crippen molar-refractivity contribution in [2.45, 2.75) is 92.7 Å². The summed E-state index contributed by atoms with van der Waals surface area (Å²) in [5.41, 5.74) is 0.578. The van der Waals surface area contributed by atoms with Crippen LogP contribution in [0.1, 0.15) is 81.1 Å². The molecule has 4 rings (SSSR count). The van der Waals surface area contributed by atoms with Gasteiger partial charge >= 0.3 is 0 Å². The smallest absolute Gasteiger partial charge is 0.223 e. The highest BCUT2D eigenvalue weighted by atomic mass is 16.2. The number of fused-ring (bicyclic) bond motifs is 1. The van der Waals surface area contributed by atoms with Crippen LogP contribution in [0, 0.1) is 40.4 Å². The molecule has 0 aromatic heterocycles. The molecule has 2 saturated heterocycles. The number of carbonyl (C=O) groups is 3. The van der Waals surface area contributed by atoms with E-state index in [0.29, 0.717) is 18.2 Å². The van der Waals surface area contributed by atoms with Crippen LogP contribution >= 0.6 is 0 Å². The van der Waals surface area contributed by atoms with E-state index in [1.54, 1.807) is 6.92 Å². The highest BCUT2D eigenvalue weighted by Crippen LogP contribution is 2.61. The Morgan fingerprint density at radius 3 is 2.09 bits per heavy atom. The summed E-state index contributed by atoms with van der Waals surface area (Å²) in [7, 11) is 0. The molecule has 7 heteroatoms. The molecule has 0 aromatic carbocycles. The van der Waals surface area contributed by atoms with Crippen LogP contribution in [0.2, 0.25) is 0 Å². The standard InChI is InChI=1S/C10H13N3O2.C9H15NO.C4H10.C2H6/c11-5-8(12-6-14)3-7-4-10(1-2-10)13-9(7)15;1-6(11)10-4-7-8(5-10)9(7,2)3;1-4(2)3;1-2/h6-8H,1-4H2,(H,12,14)(H,13,15);7-8H,4-5H2,1-3H3;4H,1-3H3;1-2H3. The third kappa shape index (κ3) is 7.50. The van der Waals surface area contributed by atoms with Gasteiger partial charge in [0.1, 0.15) is 6.04 Å². The zero-order valence-electron chi connectivity index (χ0n) is 21.3. The first-order valence-corrected chi connectivity index (χ1v) is 12.1. The Bertz CT molecular complexity index is 677. The van der Waals surface area contributed by atoms with Crippen LogP contribution in [-0.2, 0) is 14.4 Å². The topological polar surface area (TPSA) is 102 Å².